The number of ether oxygens (including phenoxy) is 6. The van der Waals surface area contributed by atoms with Crippen molar-refractivity contribution in [2.75, 3.05) is 40.6 Å². The van der Waals surface area contributed by atoms with E-state index in [2.05, 4.69) is 61.7 Å². The lowest BCUT2D eigenvalue weighted by Gasteiger charge is -2.35. The van der Waals surface area contributed by atoms with Crippen molar-refractivity contribution in [3.8, 4) is 34.1 Å². The summed E-state index contributed by atoms with van der Waals surface area (Å²) in [7, 11) is 3.37. The van der Waals surface area contributed by atoms with Gasteiger partial charge in [0.15, 0.2) is 0 Å². The minimum atomic E-state index is -0.791. The van der Waals surface area contributed by atoms with Crippen molar-refractivity contribution in [1.29, 1.82) is 0 Å². The fourth-order valence-corrected chi connectivity index (χ4v) is 6.64. The highest BCUT2D eigenvalue weighted by atomic mass is 16.6. The Morgan fingerprint density at radius 1 is 0.612 bits per heavy atom. The van der Waals surface area contributed by atoms with Gasteiger partial charge in [0.25, 0.3) is 0 Å². The molecule has 0 aliphatic heterocycles. The van der Waals surface area contributed by atoms with Gasteiger partial charge in [-0.3, -0.25) is 0 Å². The summed E-state index contributed by atoms with van der Waals surface area (Å²) < 4.78 is 33.8. The highest BCUT2D eigenvalue weighted by molar-refractivity contribution is 6.03. The first kappa shape index (κ1) is 32.9. The molecule has 0 spiro atoms. The molecule has 1 aliphatic carbocycles. The Bertz CT molecular complexity index is 1940. The Morgan fingerprint density at radius 2 is 1.14 bits per heavy atom. The third-order valence-corrected chi connectivity index (χ3v) is 8.64. The quantitative estimate of drug-likeness (QED) is 0.0680. The average molecular weight is 657 g/mol. The first-order valence-corrected chi connectivity index (χ1v) is 15.8. The zero-order valence-corrected chi connectivity index (χ0v) is 27.4. The van der Waals surface area contributed by atoms with E-state index in [-0.39, 0.29) is 26.4 Å². The van der Waals surface area contributed by atoms with Gasteiger partial charge < -0.3 is 28.4 Å². The van der Waals surface area contributed by atoms with Gasteiger partial charge in [0.2, 0.25) is 0 Å². The van der Waals surface area contributed by atoms with Crippen LogP contribution in [0.2, 0.25) is 0 Å². The van der Waals surface area contributed by atoms with Crippen LogP contribution in [0.25, 0.3) is 21.9 Å². The molecule has 5 aromatic carbocycles. The molecule has 0 radical (unpaired) electrons. The van der Waals surface area contributed by atoms with Crippen LogP contribution in [0.3, 0.4) is 0 Å². The maximum absolute atomic E-state index is 11.4. The number of fused-ring (bicyclic) bond motifs is 5. The first-order chi connectivity index (χ1) is 24.0. The second-order valence-electron chi connectivity index (χ2n) is 11.2. The van der Waals surface area contributed by atoms with Gasteiger partial charge in [0.05, 0.1) is 19.6 Å². The first-order valence-electron chi connectivity index (χ1n) is 15.8. The van der Waals surface area contributed by atoms with Crippen molar-refractivity contribution in [2.24, 2.45) is 0 Å². The summed E-state index contributed by atoms with van der Waals surface area (Å²) in [5.74, 6) is 1.83. The van der Waals surface area contributed by atoms with Crippen LogP contribution in [0.5, 0.6) is 23.0 Å². The molecule has 0 atom stereocenters. The van der Waals surface area contributed by atoms with E-state index in [1.54, 1.807) is 14.2 Å². The molecule has 0 saturated carbocycles. The van der Waals surface area contributed by atoms with Crippen LogP contribution in [-0.2, 0) is 24.5 Å². The fourth-order valence-electron chi connectivity index (χ4n) is 6.64. The maximum Gasteiger partial charge on any atom is 0.330 e. The van der Waals surface area contributed by atoms with Crippen molar-refractivity contribution in [1.82, 2.24) is 0 Å². The lowest BCUT2D eigenvalue weighted by molar-refractivity contribution is -0.139. The van der Waals surface area contributed by atoms with Gasteiger partial charge in [-0.1, -0.05) is 73.8 Å². The van der Waals surface area contributed by atoms with E-state index in [1.807, 2.05) is 48.5 Å². The molecule has 8 nitrogen and oxygen atoms in total. The molecule has 8 heteroatoms. The molecule has 1 aliphatic rings. The van der Waals surface area contributed by atoms with Gasteiger partial charge in [-0.05, 0) is 69.6 Å². The second kappa shape index (κ2) is 14.4. The second-order valence-corrected chi connectivity index (χ2v) is 11.2. The van der Waals surface area contributed by atoms with Crippen LogP contribution >= 0.6 is 0 Å². The minimum Gasteiger partial charge on any atom is -0.496 e. The van der Waals surface area contributed by atoms with Crippen LogP contribution in [0.1, 0.15) is 22.3 Å². The zero-order chi connectivity index (χ0) is 34.4. The number of hydrogen-bond donors (Lipinski definition) is 0. The van der Waals surface area contributed by atoms with E-state index in [4.69, 9.17) is 28.4 Å². The van der Waals surface area contributed by atoms with Crippen molar-refractivity contribution in [3.63, 3.8) is 0 Å². The summed E-state index contributed by atoms with van der Waals surface area (Å²) in [5.41, 5.74) is 5.45. The minimum absolute atomic E-state index is 0.107. The standard InChI is InChI=1S/C41H36O8/c1-5-37(42)48-25-23-46-29-17-13-27(14-18-29)41(28-15-19-30(20-16-28)47-24-26-49-38(43)6-2)34-10-8-12-36(45-4)39(34)33-22-21-31-32(40(33)41)9-7-11-35(31)44-3/h5-22H,1-2,23-26H2,3-4H3. The maximum atomic E-state index is 11.4. The van der Waals surface area contributed by atoms with Crippen molar-refractivity contribution in [3.05, 3.63) is 145 Å². The highest BCUT2D eigenvalue weighted by Gasteiger charge is 2.48. The predicted molar refractivity (Wildman–Crippen MR) is 188 cm³/mol. The number of methoxy groups -OCH3 is 2. The summed E-state index contributed by atoms with van der Waals surface area (Å²) in [6.07, 6.45) is 2.25. The number of rotatable bonds is 14. The molecule has 0 fully saturated rings. The molecule has 0 N–H and O–H groups in total. The third kappa shape index (κ3) is 6.09. The predicted octanol–water partition coefficient (Wildman–Crippen LogP) is 7.44. The molecule has 248 valence electrons. The summed E-state index contributed by atoms with van der Waals surface area (Å²) in [6, 6.07) is 32.5. The Kier molecular flexibility index (Phi) is 9.67. The largest absolute Gasteiger partial charge is 0.496 e. The molecular weight excluding hydrogens is 620 g/mol. The highest BCUT2D eigenvalue weighted by Crippen LogP contribution is 2.60. The van der Waals surface area contributed by atoms with E-state index in [0.29, 0.717) is 11.5 Å². The smallest absolute Gasteiger partial charge is 0.330 e. The SMILES string of the molecule is C=CC(=O)OCCOc1ccc(C2(c3ccc(OCCOC(=O)C=C)cc3)c3cccc(OC)c3-c3ccc4c(OC)cccc4c32)cc1. The van der Waals surface area contributed by atoms with Gasteiger partial charge in [0, 0.05) is 23.1 Å². The van der Waals surface area contributed by atoms with Gasteiger partial charge in [0.1, 0.15) is 49.4 Å². The van der Waals surface area contributed by atoms with E-state index in [0.717, 1.165) is 67.8 Å². The van der Waals surface area contributed by atoms with E-state index in [1.165, 1.54) is 0 Å². The molecule has 0 saturated heterocycles. The van der Waals surface area contributed by atoms with Crippen LogP contribution in [0.4, 0.5) is 0 Å². The van der Waals surface area contributed by atoms with Gasteiger partial charge in [-0.2, -0.15) is 0 Å². The molecule has 5 aromatic rings. The average Bonchev–Trinajstić information content (AvgIpc) is 3.46. The summed E-state index contributed by atoms with van der Waals surface area (Å²) >= 11 is 0. The normalized spacial score (nSPS) is 12.3. The fraction of sp³-hybridized carbons (Fsp3) is 0.171. The lowest BCUT2D eigenvalue weighted by Crippen LogP contribution is -2.29. The Balaban J connectivity index is 1.51. The van der Waals surface area contributed by atoms with Gasteiger partial charge in [-0.25, -0.2) is 9.59 Å². The zero-order valence-electron chi connectivity index (χ0n) is 27.4. The molecule has 0 amide bonds. The number of benzene rings is 5. The van der Waals surface area contributed by atoms with E-state index in [9.17, 15) is 9.59 Å². The molecular formula is C41H36O8. The summed E-state index contributed by atoms with van der Waals surface area (Å²) in [4.78, 5) is 22.9. The monoisotopic (exact) mass is 656 g/mol. The summed E-state index contributed by atoms with van der Waals surface area (Å²) in [5, 5.41) is 2.03. The lowest BCUT2D eigenvalue weighted by atomic mass is 9.66. The Hall–Kier alpha value is -6.02. The molecule has 6 rings (SSSR count). The van der Waals surface area contributed by atoms with Gasteiger partial charge >= 0.3 is 11.9 Å². The number of hydrogen-bond acceptors (Lipinski definition) is 8. The topological polar surface area (TPSA) is 89.5 Å². The van der Waals surface area contributed by atoms with Crippen molar-refractivity contribution >= 4 is 22.7 Å². The molecule has 0 aromatic heterocycles. The molecule has 49 heavy (non-hydrogen) atoms. The molecule has 0 unspecified atom stereocenters. The van der Waals surface area contributed by atoms with E-state index < -0.39 is 17.4 Å². The number of carbonyl (C=O) groups is 2. The van der Waals surface area contributed by atoms with E-state index >= 15 is 0 Å². The Labute approximate surface area is 285 Å². The van der Waals surface area contributed by atoms with Crippen LogP contribution in [-0.4, -0.2) is 52.6 Å². The van der Waals surface area contributed by atoms with Crippen LogP contribution in [0.15, 0.2) is 122 Å². The molecule has 0 heterocycles. The third-order valence-electron chi connectivity index (χ3n) is 8.64. The summed E-state index contributed by atoms with van der Waals surface area (Å²) in [6.45, 7) is 7.46. The van der Waals surface area contributed by atoms with Crippen LogP contribution in [0, 0.1) is 0 Å². The molecule has 0 bridgehead atoms. The van der Waals surface area contributed by atoms with Crippen molar-refractivity contribution < 1.29 is 38.0 Å². The number of carbonyl (C=O) groups excluding carboxylic acids is 2. The number of esters is 2. The van der Waals surface area contributed by atoms with Crippen LogP contribution < -0.4 is 18.9 Å². The van der Waals surface area contributed by atoms with Crippen molar-refractivity contribution in [2.45, 2.75) is 5.41 Å². The Morgan fingerprint density at radius 3 is 1.67 bits per heavy atom. The van der Waals surface area contributed by atoms with Gasteiger partial charge in [-0.15, -0.1) is 0 Å².